The van der Waals surface area contributed by atoms with Crippen LogP contribution in [0.5, 0.6) is 5.75 Å². The summed E-state index contributed by atoms with van der Waals surface area (Å²) < 4.78 is 43.7. The number of rotatable bonds is 7. The molecule has 1 aromatic heterocycles. The lowest BCUT2D eigenvalue weighted by molar-refractivity contribution is -0.152. The van der Waals surface area contributed by atoms with Gasteiger partial charge in [-0.3, -0.25) is 9.10 Å². The first-order chi connectivity index (χ1) is 15.0. The maximum Gasteiger partial charge on any atom is 0.273 e. The van der Waals surface area contributed by atoms with E-state index in [0.717, 1.165) is 19.3 Å². The highest BCUT2D eigenvalue weighted by atomic mass is 32.2. The number of anilines is 1. The largest absolute Gasteiger partial charge is 0.484 e. The minimum Gasteiger partial charge on any atom is -0.484 e. The van der Waals surface area contributed by atoms with E-state index in [0.29, 0.717) is 31.2 Å². The van der Waals surface area contributed by atoms with Crippen molar-refractivity contribution >= 4 is 33.0 Å². The average Bonchev–Trinajstić information content (AvgIpc) is 3.52. The standard InChI is InChI=1S/C21H26N2O6S2/c1-22(31(25,26)20-6-4-14-30-20)16-7-9-17(10-8-16)29-15-19(24)23-11-3-2-5-18(23)21-27-12-13-28-21/h4,6-10,14,18,21H,2-3,5,11-13,15H2,1H3. The lowest BCUT2D eigenvalue weighted by atomic mass is 10.0. The van der Waals surface area contributed by atoms with Gasteiger partial charge in [0.1, 0.15) is 9.96 Å². The zero-order valence-corrected chi connectivity index (χ0v) is 18.9. The number of nitrogens with zero attached hydrogens (tertiary/aromatic N) is 2. The fourth-order valence-electron chi connectivity index (χ4n) is 3.81. The van der Waals surface area contributed by atoms with Gasteiger partial charge in [0.05, 0.1) is 24.9 Å². The molecule has 168 valence electrons. The maximum atomic E-state index is 12.8. The maximum absolute atomic E-state index is 12.8. The summed E-state index contributed by atoms with van der Waals surface area (Å²) in [6.07, 6.45) is 2.50. The Morgan fingerprint density at radius 2 is 1.94 bits per heavy atom. The highest BCUT2D eigenvalue weighted by Crippen LogP contribution is 2.27. The van der Waals surface area contributed by atoms with Gasteiger partial charge in [-0.05, 0) is 55.0 Å². The molecule has 2 aliphatic heterocycles. The lowest BCUT2D eigenvalue weighted by Gasteiger charge is -2.37. The number of piperidine rings is 1. The average molecular weight is 467 g/mol. The van der Waals surface area contributed by atoms with Gasteiger partial charge in [0, 0.05) is 13.6 Å². The molecule has 10 heteroatoms. The Bertz CT molecular complexity index is 972. The number of amides is 1. The molecular formula is C21H26N2O6S2. The highest BCUT2D eigenvalue weighted by molar-refractivity contribution is 7.94. The molecule has 1 unspecified atom stereocenters. The molecule has 1 aromatic carbocycles. The molecule has 2 aliphatic rings. The molecule has 0 spiro atoms. The Kier molecular flexibility index (Phi) is 6.80. The Morgan fingerprint density at radius 3 is 2.61 bits per heavy atom. The van der Waals surface area contributed by atoms with Gasteiger partial charge in [-0.25, -0.2) is 8.42 Å². The van der Waals surface area contributed by atoms with Gasteiger partial charge in [0.15, 0.2) is 12.9 Å². The van der Waals surface area contributed by atoms with Crippen LogP contribution in [0.25, 0.3) is 0 Å². The quantitative estimate of drug-likeness (QED) is 0.624. The third-order valence-corrected chi connectivity index (χ3v) is 8.66. The van der Waals surface area contributed by atoms with Crippen LogP contribution >= 0.6 is 11.3 Å². The second-order valence-electron chi connectivity index (χ2n) is 7.45. The first-order valence-electron chi connectivity index (χ1n) is 10.2. The molecule has 1 atom stereocenters. The van der Waals surface area contributed by atoms with Gasteiger partial charge >= 0.3 is 0 Å². The fourth-order valence-corrected chi connectivity index (χ4v) is 6.17. The van der Waals surface area contributed by atoms with E-state index >= 15 is 0 Å². The van der Waals surface area contributed by atoms with Crippen molar-refractivity contribution in [1.29, 1.82) is 0 Å². The van der Waals surface area contributed by atoms with E-state index in [2.05, 4.69) is 0 Å². The summed E-state index contributed by atoms with van der Waals surface area (Å²) in [6.45, 7) is 1.69. The van der Waals surface area contributed by atoms with Gasteiger partial charge in [-0.15, -0.1) is 11.3 Å². The van der Waals surface area contributed by atoms with Crippen LogP contribution in [0.15, 0.2) is 46.0 Å². The van der Waals surface area contributed by atoms with Gasteiger partial charge in [-0.2, -0.15) is 0 Å². The summed E-state index contributed by atoms with van der Waals surface area (Å²) in [5.41, 5.74) is 0.513. The molecule has 4 rings (SSSR count). The Hall–Kier alpha value is -2.14. The predicted octanol–water partition coefficient (Wildman–Crippen LogP) is 2.71. The third-order valence-electron chi connectivity index (χ3n) is 5.50. The molecule has 0 saturated carbocycles. The molecule has 8 nitrogen and oxygen atoms in total. The summed E-state index contributed by atoms with van der Waals surface area (Å²) in [7, 11) is -2.08. The summed E-state index contributed by atoms with van der Waals surface area (Å²) in [5.74, 6) is 0.395. The van der Waals surface area contributed by atoms with Gasteiger partial charge < -0.3 is 19.1 Å². The number of hydrogen-bond acceptors (Lipinski definition) is 7. The second kappa shape index (κ2) is 9.56. The molecule has 0 aliphatic carbocycles. The number of hydrogen-bond donors (Lipinski definition) is 0. The van der Waals surface area contributed by atoms with Crippen molar-refractivity contribution < 1.29 is 27.4 Å². The van der Waals surface area contributed by atoms with E-state index in [1.54, 1.807) is 46.7 Å². The molecule has 2 aromatic rings. The van der Waals surface area contributed by atoms with Crippen LogP contribution < -0.4 is 9.04 Å². The van der Waals surface area contributed by atoms with Crippen molar-refractivity contribution in [2.45, 2.75) is 35.8 Å². The smallest absolute Gasteiger partial charge is 0.273 e. The van der Waals surface area contributed by atoms with E-state index in [-0.39, 0.29) is 29.1 Å². The SMILES string of the molecule is CN(c1ccc(OCC(=O)N2CCCCC2C2OCCO2)cc1)S(=O)(=O)c1cccs1. The number of sulfonamides is 1. The van der Waals surface area contributed by atoms with Crippen molar-refractivity contribution in [3.63, 3.8) is 0 Å². The summed E-state index contributed by atoms with van der Waals surface area (Å²) in [6, 6.07) is 9.86. The topological polar surface area (TPSA) is 85.4 Å². The predicted molar refractivity (Wildman–Crippen MR) is 117 cm³/mol. The second-order valence-corrected chi connectivity index (χ2v) is 10.6. The van der Waals surface area contributed by atoms with Crippen LogP contribution in [0.3, 0.4) is 0 Å². The minimum absolute atomic E-state index is 0.0779. The molecule has 2 saturated heterocycles. The zero-order valence-electron chi connectivity index (χ0n) is 17.3. The zero-order chi connectivity index (χ0) is 21.8. The number of likely N-dealkylation sites (tertiary alicyclic amines) is 1. The van der Waals surface area contributed by atoms with Crippen LogP contribution in [0.1, 0.15) is 19.3 Å². The highest BCUT2D eigenvalue weighted by Gasteiger charge is 2.36. The monoisotopic (exact) mass is 466 g/mol. The number of thiophene rings is 1. The van der Waals surface area contributed by atoms with Crippen molar-refractivity contribution in [3.05, 3.63) is 41.8 Å². The summed E-state index contributed by atoms with van der Waals surface area (Å²) >= 11 is 1.18. The van der Waals surface area contributed by atoms with Crippen LogP contribution in [-0.2, 0) is 24.3 Å². The molecule has 31 heavy (non-hydrogen) atoms. The van der Waals surface area contributed by atoms with E-state index in [1.165, 1.54) is 22.7 Å². The molecule has 2 fully saturated rings. The van der Waals surface area contributed by atoms with E-state index in [4.69, 9.17) is 14.2 Å². The third kappa shape index (κ3) is 4.87. The Labute approximate surface area is 186 Å². The van der Waals surface area contributed by atoms with Crippen molar-refractivity contribution in [2.24, 2.45) is 0 Å². The van der Waals surface area contributed by atoms with E-state index < -0.39 is 10.0 Å². The van der Waals surface area contributed by atoms with E-state index in [9.17, 15) is 13.2 Å². The molecule has 0 radical (unpaired) electrons. The molecule has 0 bridgehead atoms. The molecule has 3 heterocycles. The normalized spacial score (nSPS) is 20.0. The van der Waals surface area contributed by atoms with Crippen molar-refractivity contribution in [2.75, 3.05) is 37.7 Å². The number of carbonyl (C=O) groups excluding carboxylic acids is 1. The number of ether oxygens (including phenoxy) is 3. The van der Waals surface area contributed by atoms with Crippen LogP contribution in [0.4, 0.5) is 5.69 Å². The van der Waals surface area contributed by atoms with E-state index in [1.807, 2.05) is 0 Å². The van der Waals surface area contributed by atoms with Crippen molar-refractivity contribution in [3.8, 4) is 5.75 Å². The van der Waals surface area contributed by atoms with Crippen molar-refractivity contribution in [1.82, 2.24) is 4.90 Å². The molecule has 0 N–H and O–H groups in total. The summed E-state index contributed by atoms with van der Waals surface area (Å²) in [4.78, 5) is 14.6. The van der Waals surface area contributed by atoms with Crippen LogP contribution in [-0.4, -0.2) is 65.0 Å². The minimum atomic E-state index is -3.59. The first-order valence-corrected chi connectivity index (χ1v) is 12.6. The van der Waals surface area contributed by atoms with Crippen LogP contribution in [0.2, 0.25) is 0 Å². The first kappa shape index (κ1) is 22.1. The molecular weight excluding hydrogens is 440 g/mol. The number of benzene rings is 1. The Morgan fingerprint density at radius 1 is 1.19 bits per heavy atom. The Balaban J connectivity index is 1.36. The van der Waals surface area contributed by atoms with Crippen LogP contribution in [0, 0.1) is 0 Å². The summed E-state index contributed by atoms with van der Waals surface area (Å²) in [5, 5.41) is 1.73. The fraction of sp³-hybridized carbons (Fsp3) is 0.476. The lowest BCUT2D eigenvalue weighted by Crippen LogP contribution is -2.51. The van der Waals surface area contributed by atoms with Gasteiger partial charge in [0.2, 0.25) is 0 Å². The molecule has 1 amide bonds. The van der Waals surface area contributed by atoms with Gasteiger partial charge in [-0.1, -0.05) is 6.07 Å². The number of carbonyl (C=O) groups is 1. The van der Waals surface area contributed by atoms with Gasteiger partial charge in [0.25, 0.3) is 15.9 Å².